The number of phenolic OH excluding ortho intramolecular Hbond substituents is 1. The maximum atomic E-state index is 12.9. The fraction of sp³-hybridized carbons (Fsp3) is 0.317. The first-order chi connectivity index (χ1) is 24.8. The summed E-state index contributed by atoms with van der Waals surface area (Å²) in [5.41, 5.74) is 11.5. The smallest absolute Gasteiger partial charge is 0.411 e. The molecular formula is C41H46N4O6. The van der Waals surface area contributed by atoms with Crippen molar-refractivity contribution in [3.63, 3.8) is 0 Å². The van der Waals surface area contributed by atoms with Crippen molar-refractivity contribution in [1.82, 2.24) is 10.3 Å². The second kappa shape index (κ2) is 17.2. The Bertz CT molecular complexity index is 1960. The van der Waals surface area contributed by atoms with Gasteiger partial charge in [-0.2, -0.15) is 0 Å². The number of anilines is 1. The molecule has 5 aromatic rings. The number of benzene rings is 4. The number of aromatic hydroxyl groups is 1. The number of amides is 1. The van der Waals surface area contributed by atoms with Crippen molar-refractivity contribution in [1.29, 1.82) is 0 Å². The van der Waals surface area contributed by atoms with Crippen molar-refractivity contribution in [2.75, 3.05) is 18.5 Å². The summed E-state index contributed by atoms with van der Waals surface area (Å²) in [6, 6.07) is 30.4. The number of unbranched alkanes of at least 4 members (excludes halogenated alkanes) is 1. The molecule has 51 heavy (non-hydrogen) atoms. The van der Waals surface area contributed by atoms with Crippen molar-refractivity contribution >= 4 is 22.7 Å². The van der Waals surface area contributed by atoms with Crippen molar-refractivity contribution < 1.29 is 24.5 Å². The van der Waals surface area contributed by atoms with Gasteiger partial charge in [0.05, 0.1) is 23.9 Å². The predicted molar refractivity (Wildman–Crippen MR) is 200 cm³/mol. The van der Waals surface area contributed by atoms with Crippen LogP contribution in [-0.4, -0.2) is 46.6 Å². The Morgan fingerprint density at radius 2 is 1.67 bits per heavy atom. The van der Waals surface area contributed by atoms with Gasteiger partial charge in [0, 0.05) is 36.1 Å². The number of aliphatic hydroxyl groups excluding tert-OH is 1. The number of carbonyl (C=O) groups is 1. The molecular weight excluding hydrogens is 644 g/mol. The first-order valence-corrected chi connectivity index (χ1v) is 17.7. The van der Waals surface area contributed by atoms with Gasteiger partial charge in [-0.25, -0.2) is 4.79 Å². The molecule has 0 saturated heterocycles. The monoisotopic (exact) mass is 690 g/mol. The minimum Gasteiger partial charge on any atom is -0.506 e. The number of H-pyrrole nitrogens is 1. The van der Waals surface area contributed by atoms with Crippen LogP contribution in [0, 0.1) is 0 Å². The van der Waals surface area contributed by atoms with Crippen molar-refractivity contribution in [3.8, 4) is 22.6 Å². The number of hydrogen-bond donors (Lipinski definition) is 6. The molecule has 0 unspecified atom stereocenters. The SMILES string of the molecule is NC1CCC(OC(=O)Nc2cc(CCCCOc3ccc(CNC[C@H](O)c4ccc(O)c5[nH]c(=O)ccc45)cc3)ccc2-c2ccccc2)CC1. The highest BCUT2D eigenvalue weighted by molar-refractivity contribution is 5.92. The summed E-state index contributed by atoms with van der Waals surface area (Å²) >= 11 is 0. The van der Waals surface area contributed by atoms with Gasteiger partial charge >= 0.3 is 6.09 Å². The number of aliphatic hydroxyl groups is 1. The second-order valence-electron chi connectivity index (χ2n) is 13.2. The molecule has 1 amide bonds. The summed E-state index contributed by atoms with van der Waals surface area (Å²) in [6.45, 7) is 1.43. The predicted octanol–water partition coefficient (Wildman–Crippen LogP) is 6.94. The highest BCUT2D eigenvalue weighted by atomic mass is 16.6. The zero-order chi connectivity index (χ0) is 35.6. The minimum atomic E-state index is -0.825. The number of aromatic amines is 1. The van der Waals surface area contributed by atoms with E-state index >= 15 is 0 Å². The number of hydrogen-bond acceptors (Lipinski definition) is 8. The van der Waals surface area contributed by atoms with Crippen LogP contribution in [0.1, 0.15) is 61.3 Å². The van der Waals surface area contributed by atoms with Gasteiger partial charge in [0.1, 0.15) is 17.6 Å². The molecule has 1 heterocycles. The van der Waals surface area contributed by atoms with E-state index in [0.29, 0.717) is 36.2 Å². The Kier molecular flexibility index (Phi) is 12.0. The molecule has 1 fully saturated rings. The first kappa shape index (κ1) is 35.7. The number of ether oxygens (including phenoxy) is 2. The lowest BCUT2D eigenvalue weighted by Gasteiger charge is -2.26. The molecule has 1 aliphatic rings. The fourth-order valence-corrected chi connectivity index (χ4v) is 6.55. The maximum absolute atomic E-state index is 12.9. The number of aryl methyl sites for hydroxylation is 1. The molecule has 7 N–H and O–H groups in total. The molecule has 1 saturated carbocycles. The van der Waals surface area contributed by atoms with Gasteiger partial charge in [-0.3, -0.25) is 10.1 Å². The van der Waals surface area contributed by atoms with Crippen LogP contribution in [0.3, 0.4) is 0 Å². The molecule has 0 spiro atoms. The van der Waals surface area contributed by atoms with E-state index in [0.717, 1.165) is 78.6 Å². The Hall–Kier alpha value is -5.16. The topological polar surface area (TPSA) is 159 Å². The van der Waals surface area contributed by atoms with Gasteiger partial charge < -0.3 is 35.7 Å². The zero-order valence-corrected chi connectivity index (χ0v) is 28.6. The number of pyridine rings is 1. The third-order valence-electron chi connectivity index (χ3n) is 9.38. The van der Waals surface area contributed by atoms with Gasteiger partial charge in [-0.05, 0) is 97.5 Å². The van der Waals surface area contributed by atoms with E-state index in [1.54, 1.807) is 12.1 Å². The van der Waals surface area contributed by atoms with Crippen LogP contribution < -0.4 is 26.7 Å². The molecule has 4 aromatic carbocycles. The normalized spacial score (nSPS) is 16.4. The lowest BCUT2D eigenvalue weighted by atomic mass is 9.94. The van der Waals surface area contributed by atoms with E-state index in [9.17, 15) is 19.8 Å². The molecule has 0 bridgehead atoms. The largest absolute Gasteiger partial charge is 0.506 e. The van der Waals surface area contributed by atoms with Crippen molar-refractivity contribution in [2.24, 2.45) is 5.73 Å². The van der Waals surface area contributed by atoms with Crippen LogP contribution in [-0.2, 0) is 17.7 Å². The zero-order valence-electron chi connectivity index (χ0n) is 28.6. The summed E-state index contributed by atoms with van der Waals surface area (Å²) in [5.74, 6) is 0.756. The molecule has 266 valence electrons. The number of nitrogens with two attached hydrogens (primary N) is 1. The summed E-state index contributed by atoms with van der Waals surface area (Å²) in [4.78, 5) is 27.2. The fourth-order valence-electron chi connectivity index (χ4n) is 6.55. The van der Waals surface area contributed by atoms with Gasteiger partial charge in [0.15, 0.2) is 0 Å². The second-order valence-corrected chi connectivity index (χ2v) is 13.2. The quantitative estimate of drug-likeness (QED) is 0.0684. The summed E-state index contributed by atoms with van der Waals surface area (Å²) < 4.78 is 11.8. The van der Waals surface area contributed by atoms with Crippen molar-refractivity contribution in [2.45, 2.75) is 69.7 Å². The Balaban J connectivity index is 0.950. The van der Waals surface area contributed by atoms with Gasteiger partial charge in [-0.1, -0.05) is 60.7 Å². The van der Waals surface area contributed by atoms with Crippen LogP contribution in [0.15, 0.2) is 102 Å². The van der Waals surface area contributed by atoms with Crippen molar-refractivity contribution in [3.05, 3.63) is 124 Å². The highest BCUT2D eigenvalue weighted by Gasteiger charge is 2.22. The molecule has 6 rings (SSSR count). The Labute approximate surface area is 297 Å². The summed E-state index contributed by atoms with van der Waals surface area (Å²) in [6.07, 6.45) is 4.61. The molecule has 1 aromatic heterocycles. The molecule has 1 aliphatic carbocycles. The average molecular weight is 691 g/mol. The number of rotatable bonds is 14. The van der Waals surface area contributed by atoms with Crippen LogP contribution in [0.25, 0.3) is 22.0 Å². The highest BCUT2D eigenvalue weighted by Crippen LogP contribution is 2.31. The first-order valence-electron chi connectivity index (χ1n) is 17.7. The number of aromatic nitrogens is 1. The minimum absolute atomic E-state index is 0.0361. The Morgan fingerprint density at radius 1 is 0.902 bits per heavy atom. The van der Waals surface area contributed by atoms with E-state index in [2.05, 4.69) is 27.8 Å². The molecule has 10 heteroatoms. The number of phenols is 1. The molecule has 0 radical (unpaired) electrons. The number of fused-ring (bicyclic) bond motifs is 1. The van der Waals surface area contributed by atoms with E-state index in [1.165, 1.54) is 12.1 Å². The third-order valence-corrected chi connectivity index (χ3v) is 9.38. The lowest BCUT2D eigenvalue weighted by Crippen LogP contribution is -2.32. The number of carbonyl (C=O) groups excluding carboxylic acids is 1. The van der Waals surface area contributed by atoms with E-state index < -0.39 is 12.2 Å². The average Bonchev–Trinajstić information content (AvgIpc) is 3.14. The summed E-state index contributed by atoms with van der Waals surface area (Å²) in [5, 5.41) is 27.8. The van der Waals surface area contributed by atoms with Crippen LogP contribution >= 0.6 is 0 Å². The molecule has 0 aliphatic heterocycles. The van der Waals surface area contributed by atoms with Gasteiger partial charge in [0.25, 0.3) is 0 Å². The lowest BCUT2D eigenvalue weighted by molar-refractivity contribution is 0.0826. The third kappa shape index (κ3) is 9.76. The van der Waals surface area contributed by atoms with E-state index in [1.807, 2.05) is 60.7 Å². The molecule has 10 nitrogen and oxygen atoms in total. The van der Waals surface area contributed by atoms with Gasteiger partial charge in [-0.15, -0.1) is 0 Å². The number of nitrogens with one attached hydrogen (secondary N) is 3. The maximum Gasteiger partial charge on any atom is 0.411 e. The van der Waals surface area contributed by atoms with Crippen LogP contribution in [0.4, 0.5) is 10.5 Å². The van der Waals surface area contributed by atoms with Gasteiger partial charge in [0.2, 0.25) is 5.56 Å². The van der Waals surface area contributed by atoms with Crippen LogP contribution in [0.2, 0.25) is 0 Å². The van der Waals surface area contributed by atoms with Crippen LogP contribution in [0.5, 0.6) is 11.5 Å². The van der Waals surface area contributed by atoms with E-state index in [4.69, 9.17) is 15.2 Å². The molecule has 1 atom stereocenters. The standard InChI is InChI=1S/C41H46N4O6/c42-30-12-16-32(17-13-30)51-41(49)44-36-24-27(11-18-33(36)29-7-2-1-3-8-29)6-4-5-23-50-31-14-9-28(10-15-31)25-43-26-38(47)34-19-21-37(46)40-35(34)20-22-39(48)45-40/h1-3,7-11,14-15,18-22,24,30,32,38,43,46-47H,4-6,12-13,16-17,23,25-26,42H2,(H,44,49)(H,45,48)/t30?,32?,38-/m0/s1. The Morgan fingerprint density at radius 3 is 2.45 bits per heavy atom. The van der Waals surface area contributed by atoms with E-state index in [-0.39, 0.29) is 23.5 Å². The summed E-state index contributed by atoms with van der Waals surface area (Å²) in [7, 11) is 0.